The standard InChI is InChI=1S/C15H17N3OS/c1-10-4-2-6-12-14(10)17-13(18-15(12)19)9-20-11-5-3-7-16-8-11/h2,4,6,11,16H,1,3,5,7-9H2. The van der Waals surface area contributed by atoms with Crippen molar-refractivity contribution in [2.24, 2.45) is 9.98 Å². The second kappa shape index (κ2) is 5.89. The molecule has 1 N–H and O–H groups in total. The molecule has 1 aromatic carbocycles. The Morgan fingerprint density at radius 2 is 2.30 bits per heavy atom. The number of nitrogens with one attached hydrogen (secondary N) is 1. The predicted octanol–water partition coefficient (Wildman–Crippen LogP) is 0.754. The molecule has 5 heteroatoms. The van der Waals surface area contributed by atoms with E-state index < -0.39 is 0 Å². The van der Waals surface area contributed by atoms with Crippen molar-refractivity contribution >= 4 is 30.1 Å². The normalized spacial score (nSPS) is 21.9. The van der Waals surface area contributed by atoms with Crippen LogP contribution in [0.2, 0.25) is 0 Å². The van der Waals surface area contributed by atoms with E-state index in [-0.39, 0.29) is 5.91 Å². The molecule has 104 valence electrons. The molecule has 0 aliphatic carbocycles. The number of fused-ring (bicyclic) bond motifs is 1. The summed E-state index contributed by atoms with van der Waals surface area (Å²) in [4.78, 5) is 20.6. The summed E-state index contributed by atoms with van der Waals surface area (Å²) in [6, 6.07) is 5.45. The second-order valence-corrected chi connectivity index (χ2v) is 6.33. The number of hydrogen-bond donors (Lipinski definition) is 1. The van der Waals surface area contributed by atoms with Crippen LogP contribution in [-0.2, 0) is 0 Å². The van der Waals surface area contributed by atoms with Gasteiger partial charge in [-0.2, -0.15) is 4.99 Å². The van der Waals surface area contributed by atoms with Crippen LogP contribution in [0, 0.1) is 0 Å². The van der Waals surface area contributed by atoms with E-state index in [0.29, 0.717) is 27.8 Å². The minimum Gasteiger partial charge on any atom is -0.316 e. The van der Waals surface area contributed by atoms with E-state index in [2.05, 4.69) is 21.9 Å². The Morgan fingerprint density at radius 1 is 1.40 bits per heavy atom. The van der Waals surface area contributed by atoms with E-state index in [4.69, 9.17) is 0 Å². The Bertz CT molecular complexity index is 662. The molecular formula is C15H17N3OS. The van der Waals surface area contributed by atoms with Gasteiger partial charge in [0.25, 0.3) is 5.91 Å². The lowest BCUT2D eigenvalue weighted by molar-refractivity contribution is 0.1000. The van der Waals surface area contributed by atoms with Crippen LogP contribution in [0.4, 0.5) is 0 Å². The van der Waals surface area contributed by atoms with E-state index >= 15 is 0 Å². The van der Waals surface area contributed by atoms with Gasteiger partial charge in [-0.15, -0.1) is 11.8 Å². The number of benzene rings is 1. The third-order valence-corrected chi connectivity index (χ3v) is 4.82. The number of piperidine rings is 1. The summed E-state index contributed by atoms with van der Waals surface area (Å²) < 4.78 is 0. The van der Waals surface area contributed by atoms with Gasteiger partial charge < -0.3 is 5.32 Å². The number of rotatable bonds is 3. The number of nitrogens with zero attached hydrogens (tertiary/aromatic N) is 2. The third kappa shape index (κ3) is 2.83. The van der Waals surface area contributed by atoms with E-state index in [1.54, 1.807) is 6.07 Å². The molecule has 0 saturated carbocycles. The number of aliphatic imine (C=N–C) groups is 1. The summed E-state index contributed by atoms with van der Waals surface area (Å²) >= 11 is 1.83. The van der Waals surface area contributed by atoms with Crippen LogP contribution in [0.25, 0.3) is 6.58 Å². The number of para-hydroxylation sites is 1. The summed E-state index contributed by atoms with van der Waals surface area (Å²) in [5.41, 5.74) is 0.561. The quantitative estimate of drug-likeness (QED) is 0.893. The Hall–Kier alpha value is -1.46. The molecule has 2 aliphatic rings. The van der Waals surface area contributed by atoms with Crippen LogP contribution in [0.1, 0.15) is 23.2 Å². The number of amides is 1. The minimum atomic E-state index is -0.196. The third-order valence-electron chi connectivity index (χ3n) is 3.52. The van der Waals surface area contributed by atoms with Crippen molar-refractivity contribution < 1.29 is 4.79 Å². The van der Waals surface area contributed by atoms with Gasteiger partial charge in [-0.05, 0) is 30.7 Å². The Balaban J connectivity index is 1.77. The fraction of sp³-hybridized carbons (Fsp3) is 0.400. The van der Waals surface area contributed by atoms with Gasteiger partial charge in [-0.3, -0.25) is 4.79 Å². The molecule has 0 aromatic heterocycles. The molecule has 1 unspecified atom stereocenters. The first kappa shape index (κ1) is 13.5. The Morgan fingerprint density at radius 3 is 3.10 bits per heavy atom. The molecule has 1 amide bonds. The highest BCUT2D eigenvalue weighted by Gasteiger charge is 2.18. The predicted molar refractivity (Wildman–Crippen MR) is 82.9 cm³/mol. The fourth-order valence-electron chi connectivity index (χ4n) is 2.45. The molecule has 1 aromatic rings. The monoisotopic (exact) mass is 287 g/mol. The van der Waals surface area contributed by atoms with Gasteiger partial charge in [-0.25, -0.2) is 4.99 Å². The maximum Gasteiger partial charge on any atom is 0.280 e. The van der Waals surface area contributed by atoms with Gasteiger partial charge in [0.2, 0.25) is 0 Å². The first-order chi connectivity index (χ1) is 9.74. The van der Waals surface area contributed by atoms with E-state index in [1.807, 2.05) is 23.9 Å². The first-order valence-electron chi connectivity index (χ1n) is 6.85. The van der Waals surface area contributed by atoms with E-state index in [9.17, 15) is 4.79 Å². The number of carbonyl (C=O) groups is 1. The van der Waals surface area contributed by atoms with Crippen LogP contribution >= 0.6 is 11.8 Å². The number of hydrogen-bond acceptors (Lipinski definition) is 4. The lowest BCUT2D eigenvalue weighted by atomic mass is 10.1. The topological polar surface area (TPSA) is 53.8 Å². The van der Waals surface area contributed by atoms with Crippen molar-refractivity contribution in [1.29, 1.82) is 0 Å². The summed E-state index contributed by atoms with van der Waals surface area (Å²) in [5, 5.41) is 5.45. The van der Waals surface area contributed by atoms with Crippen LogP contribution in [0.5, 0.6) is 0 Å². The van der Waals surface area contributed by atoms with Crippen molar-refractivity contribution in [3.63, 3.8) is 0 Å². The van der Waals surface area contributed by atoms with E-state index in [1.165, 1.54) is 12.8 Å². The molecule has 0 bridgehead atoms. The highest BCUT2D eigenvalue weighted by Crippen LogP contribution is 2.19. The van der Waals surface area contributed by atoms with Crippen molar-refractivity contribution in [3.05, 3.63) is 34.3 Å². The van der Waals surface area contributed by atoms with Gasteiger partial charge in [0, 0.05) is 11.8 Å². The molecular weight excluding hydrogens is 270 g/mol. The molecule has 4 nitrogen and oxygen atoms in total. The summed E-state index contributed by atoms with van der Waals surface area (Å²) in [5.74, 6) is 1.11. The lowest BCUT2D eigenvalue weighted by Crippen LogP contribution is -2.35. The number of thioether (sulfide) groups is 1. The average Bonchev–Trinajstić information content (AvgIpc) is 2.47. The zero-order valence-corrected chi connectivity index (χ0v) is 12.1. The van der Waals surface area contributed by atoms with Crippen LogP contribution in [0.3, 0.4) is 0 Å². The fourth-order valence-corrected chi connectivity index (χ4v) is 3.53. The van der Waals surface area contributed by atoms with Gasteiger partial charge in [-0.1, -0.05) is 18.7 Å². The van der Waals surface area contributed by atoms with Crippen molar-refractivity contribution in [2.75, 3.05) is 18.8 Å². The molecule has 2 aliphatic heterocycles. The smallest absolute Gasteiger partial charge is 0.280 e. The summed E-state index contributed by atoms with van der Waals surface area (Å²) in [6.07, 6.45) is 2.43. The summed E-state index contributed by atoms with van der Waals surface area (Å²) in [7, 11) is 0. The van der Waals surface area contributed by atoms with Crippen molar-refractivity contribution in [2.45, 2.75) is 18.1 Å². The van der Waals surface area contributed by atoms with Gasteiger partial charge >= 0.3 is 0 Å². The largest absolute Gasteiger partial charge is 0.316 e. The molecule has 0 radical (unpaired) electrons. The Labute approximate surface area is 122 Å². The van der Waals surface area contributed by atoms with E-state index in [0.717, 1.165) is 18.3 Å². The lowest BCUT2D eigenvalue weighted by Gasteiger charge is -2.22. The zero-order chi connectivity index (χ0) is 13.9. The van der Waals surface area contributed by atoms with Gasteiger partial charge in [0.15, 0.2) is 0 Å². The van der Waals surface area contributed by atoms with Gasteiger partial charge in [0.1, 0.15) is 5.84 Å². The number of carbonyl (C=O) groups excluding carboxylic acids is 1. The highest BCUT2D eigenvalue weighted by molar-refractivity contribution is 8.00. The molecule has 1 saturated heterocycles. The Kier molecular flexibility index (Phi) is 3.98. The van der Waals surface area contributed by atoms with Crippen LogP contribution in [-0.4, -0.2) is 35.8 Å². The maximum atomic E-state index is 12.0. The first-order valence-corrected chi connectivity index (χ1v) is 7.90. The van der Waals surface area contributed by atoms with Crippen molar-refractivity contribution in [1.82, 2.24) is 5.32 Å². The van der Waals surface area contributed by atoms with Crippen LogP contribution < -0.4 is 15.9 Å². The highest BCUT2D eigenvalue weighted by atomic mass is 32.2. The zero-order valence-electron chi connectivity index (χ0n) is 11.3. The molecule has 3 rings (SSSR count). The molecule has 1 atom stereocenters. The van der Waals surface area contributed by atoms with Crippen molar-refractivity contribution in [3.8, 4) is 0 Å². The average molecular weight is 287 g/mol. The molecule has 2 heterocycles. The number of amidine groups is 1. The molecule has 1 fully saturated rings. The molecule has 0 spiro atoms. The SMILES string of the molecule is C=c1cccc2c1=NC(CSC1CCCNC1)=NC2=O. The summed E-state index contributed by atoms with van der Waals surface area (Å²) in [6.45, 7) is 6.08. The molecule has 20 heavy (non-hydrogen) atoms. The van der Waals surface area contributed by atoms with Gasteiger partial charge in [0.05, 0.1) is 16.7 Å². The second-order valence-electron chi connectivity index (χ2n) is 5.04. The minimum absolute atomic E-state index is 0.196. The van der Waals surface area contributed by atoms with Crippen LogP contribution in [0.15, 0.2) is 28.2 Å². The maximum absolute atomic E-state index is 12.0.